The molecule has 2 aromatic heterocycles. The van der Waals surface area contributed by atoms with Crippen molar-refractivity contribution in [2.75, 3.05) is 0 Å². The minimum absolute atomic E-state index is 0.189. The molecule has 0 unspecified atom stereocenters. The zero-order valence-corrected chi connectivity index (χ0v) is 14.1. The maximum absolute atomic E-state index is 12.3. The van der Waals surface area contributed by atoms with Crippen LogP contribution in [-0.4, -0.2) is 9.97 Å². The molecule has 0 aliphatic rings. The second-order valence-electron chi connectivity index (χ2n) is 4.50. The molecule has 2 N–H and O–H groups in total. The lowest BCUT2D eigenvalue weighted by molar-refractivity contribution is 1.15. The number of benzene rings is 1. The van der Waals surface area contributed by atoms with Crippen LogP contribution < -0.4 is 5.56 Å². The summed E-state index contributed by atoms with van der Waals surface area (Å²) in [6.45, 7) is 2.05. The van der Waals surface area contributed by atoms with E-state index in [1.165, 1.54) is 11.3 Å². The number of aromatic nitrogens is 2. The Kier molecular flexibility index (Phi) is 3.92. The number of fused-ring (bicyclic) bond motifs is 1. The lowest BCUT2D eigenvalue weighted by atomic mass is 10.0. The predicted octanol–water partition coefficient (Wildman–Crippen LogP) is 5.18. The molecule has 0 fully saturated rings. The van der Waals surface area contributed by atoms with Gasteiger partial charge in [0, 0.05) is 10.4 Å². The summed E-state index contributed by atoms with van der Waals surface area (Å²) in [5, 5.41) is 1.58. The van der Waals surface area contributed by atoms with Crippen molar-refractivity contribution in [3.05, 3.63) is 48.2 Å². The molecule has 0 bridgehead atoms. The van der Waals surface area contributed by atoms with Crippen molar-refractivity contribution in [3.8, 4) is 11.1 Å². The van der Waals surface area contributed by atoms with E-state index in [1.807, 2.05) is 6.07 Å². The van der Waals surface area contributed by atoms with Crippen molar-refractivity contribution < 1.29 is 0 Å². The highest BCUT2D eigenvalue weighted by Crippen LogP contribution is 2.38. The van der Waals surface area contributed by atoms with Crippen LogP contribution in [0.15, 0.2) is 23.0 Å². The molecule has 21 heavy (non-hydrogen) atoms. The van der Waals surface area contributed by atoms with Crippen molar-refractivity contribution >= 4 is 57.0 Å². The van der Waals surface area contributed by atoms with E-state index in [9.17, 15) is 4.79 Å². The number of H-pyrrole nitrogens is 2. The van der Waals surface area contributed by atoms with Gasteiger partial charge in [-0.15, -0.1) is 11.3 Å². The second-order valence-corrected chi connectivity index (χ2v) is 6.82. The van der Waals surface area contributed by atoms with Crippen LogP contribution in [0.25, 0.3) is 21.3 Å². The fraction of sp³-hybridized carbons (Fsp3) is 0.143. The highest BCUT2D eigenvalue weighted by molar-refractivity contribution is 7.71. The van der Waals surface area contributed by atoms with Crippen LogP contribution >= 0.6 is 46.8 Å². The van der Waals surface area contributed by atoms with E-state index in [0.29, 0.717) is 20.2 Å². The van der Waals surface area contributed by atoms with Gasteiger partial charge in [0.2, 0.25) is 0 Å². The number of hydrogen-bond acceptors (Lipinski definition) is 3. The molecule has 7 heteroatoms. The maximum Gasteiger partial charge on any atom is 0.261 e. The Morgan fingerprint density at radius 3 is 2.67 bits per heavy atom. The van der Waals surface area contributed by atoms with Gasteiger partial charge in [-0.25, -0.2) is 0 Å². The smallest absolute Gasteiger partial charge is 0.261 e. The zero-order valence-electron chi connectivity index (χ0n) is 10.9. The number of nitrogens with one attached hydrogen (secondary N) is 2. The monoisotopic (exact) mass is 356 g/mol. The summed E-state index contributed by atoms with van der Waals surface area (Å²) >= 11 is 18.6. The number of rotatable bonds is 2. The normalized spacial score (nSPS) is 11.2. The minimum atomic E-state index is -0.189. The molecule has 0 aliphatic heterocycles. The molecule has 108 valence electrons. The Morgan fingerprint density at radius 2 is 2.00 bits per heavy atom. The molecule has 0 spiro atoms. The van der Waals surface area contributed by atoms with Crippen molar-refractivity contribution in [1.29, 1.82) is 0 Å². The van der Waals surface area contributed by atoms with Crippen LogP contribution in [0.3, 0.4) is 0 Å². The fourth-order valence-corrected chi connectivity index (χ4v) is 4.01. The third-order valence-electron chi connectivity index (χ3n) is 3.19. The molecule has 0 amide bonds. The van der Waals surface area contributed by atoms with Crippen LogP contribution in [-0.2, 0) is 6.42 Å². The topological polar surface area (TPSA) is 48.6 Å². The molecule has 0 saturated carbocycles. The van der Waals surface area contributed by atoms with Crippen molar-refractivity contribution in [2.45, 2.75) is 13.3 Å². The van der Waals surface area contributed by atoms with E-state index >= 15 is 0 Å². The molecular weight excluding hydrogens is 347 g/mol. The molecule has 3 nitrogen and oxygen atoms in total. The van der Waals surface area contributed by atoms with Crippen LogP contribution in [0.5, 0.6) is 0 Å². The van der Waals surface area contributed by atoms with Gasteiger partial charge >= 0.3 is 0 Å². The van der Waals surface area contributed by atoms with Gasteiger partial charge in [0.1, 0.15) is 4.83 Å². The van der Waals surface area contributed by atoms with Crippen LogP contribution in [0, 0.1) is 4.77 Å². The van der Waals surface area contributed by atoms with E-state index in [1.54, 1.807) is 12.1 Å². The lowest BCUT2D eigenvalue weighted by Gasteiger charge is -2.05. The molecule has 2 heterocycles. The molecule has 3 rings (SSSR count). The van der Waals surface area contributed by atoms with Gasteiger partial charge in [-0.2, -0.15) is 0 Å². The third kappa shape index (κ3) is 2.55. The molecule has 0 atom stereocenters. The third-order valence-corrected chi connectivity index (χ3v) is 5.38. The van der Waals surface area contributed by atoms with E-state index in [4.69, 9.17) is 35.4 Å². The van der Waals surface area contributed by atoms with Gasteiger partial charge < -0.3 is 4.98 Å². The summed E-state index contributed by atoms with van der Waals surface area (Å²) in [6.07, 6.45) is 0.814. The SMILES string of the molecule is CCc1sc2[nH]c(=S)[nH]c(=O)c2c1-c1ccc(Cl)c(Cl)c1. The second kappa shape index (κ2) is 5.57. The number of aromatic amines is 2. The Hall–Kier alpha value is -1.14. The summed E-state index contributed by atoms with van der Waals surface area (Å²) in [5.41, 5.74) is 1.58. The highest BCUT2D eigenvalue weighted by atomic mass is 35.5. The van der Waals surface area contributed by atoms with Crippen molar-refractivity contribution in [3.63, 3.8) is 0 Å². The average Bonchev–Trinajstić information content (AvgIpc) is 2.80. The summed E-state index contributed by atoms with van der Waals surface area (Å²) < 4.78 is 0.331. The molecular formula is C14H10Cl2N2OS2. The van der Waals surface area contributed by atoms with Gasteiger partial charge in [0.05, 0.1) is 15.4 Å². The molecule has 0 saturated heterocycles. The Balaban J connectivity index is 2.42. The quantitative estimate of drug-likeness (QED) is 0.621. The Bertz CT molecular complexity index is 956. The largest absolute Gasteiger partial charge is 0.323 e. The lowest BCUT2D eigenvalue weighted by Crippen LogP contribution is -2.07. The fourth-order valence-electron chi connectivity index (χ4n) is 2.29. The number of halogens is 2. The molecule has 0 radical (unpaired) electrons. The average molecular weight is 357 g/mol. The maximum atomic E-state index is 12.3. The Labute approximate surface area is 139 Å². The number of hydrogen-bond donors (Lipinski definition) is 2. The van der Waals surface area contributed by atoms with E-state index in [-0.39, 0.29) is 5.56 Å². The number of thiophene rings is 1. The van der Waals surface area contributed by atoms with Gasteiger partial charge in [-0.05, 0) is 36.3 Å². The van der Waals surface area contributed by atoms with Crippen molar-refractivity contribution in [2.24, 2.45) is 0 Å². The standard InChI is InChI=1S/C14H10Cl2N2OS2/c1-2-9-10(6-3-4-7(15)8(16)5-6)11-12(19)17-14(20)18-13(11)21-9/h3-5H,2H2,1H3,(H2,17,18,19,20). The zero-order chi connectivity index (χ0) is 15.1. The first-order valence-corrected chi connectivity index (χ1v) is 8.22. The summed E-state index contributed by atoms with van der Waals surface area (Å²) in [6, 6.07) is 5.39. The van der Waals surface area contributed by atoms with E-state index < -0.39 is 0 Å². The minimum Gasteiger partial charge on any atom is -0.323 e. The molecule has 0 aliphatic carbocycles. The van der Waals surface area contributed by atoms with E-state index in [0.717, 1.165) is 27.3 Å². The molecule has 3 aromatic rings. The van der Waals surface area contributed by atoms with E-state index in [2.05, 4.69) is 16.9 Å². The summed E-state index contributed by atoms with van der Waals surface area (Å²) in [5.74, 6) is 0. The highest BCUT2D eigenvalue weighted by Gasteiger charge is 2.17. The first-order valence-electron chi connectivity index (χ1n) is 6.24. The van der Waals surface area contributed by atoms with Gasteiger partial charge in [0.25, 0.3) is 5.56 Å². The Morgan fingerprint density at radius 1 is 1.24 bits per heavy atom. The van der Waals surface area contributed by atoms with Crippen LogP contribution in [0.2, 0.25) is 10.0 Å². The van der Waals surface area contributed by atoms with Crippen LogP contribution in [0.1, 0.15) is 11.8 Å². The van der Waals surface area contributed by atoms with Gasteiger partial charge in [-0.1, -0.05) is 36.2 Å². The predicted molar refractivity (Wildman–Crippen MR) is 92.5 cm³/mol. The van der Waals surface area contributed by atoms with Crippen molar-refractivity contribution in [1.82, 2.24) is 9.97 Å². The van der Waals surface area contributed by atoms with Gasteiger partial charge in [-0.3, -0.25) is 9.78 Å². The summed E-state index contributed by atoms with van der Waals surface area (Å²) in [7, 11) is 0. The van der Waals surface area contributed by atoms with Gasteiger partial charge in [0.15, 0.2) is 4.77 Å². The first kappa shape index (κ1) is 14.8. The molecule has 1 aromatic carbocycles. The first-order chi connectivity index (χ1) is 10.0. The van der Waals surface area contributed by atoms with Crippen LogP contribution in [0.4, 0.5) is 0 Å². The summed E-state index contributed by atoms with van der Waals surface area (Å²) in [4.78, 5) is 19.8. The number of aryl methyl sites for hydroxylation is 1.